The van der Waals surface area contributed by atoms with Gasteiger partial charge in [0.05, 0.1) is 5.69 Å². The van der Waals surface area contributed by atoms with Gasteiger partial charge in [-0.15, -0.1) is 11.3 Å². The lowest BCUT2D eigenvalue weighted by atomic mass is 10.3. The molecule has 1 unspecified atom stereocenters. The monoisotopic (exact) mass is 365 g/mol. The summed E-state index contributed by atoms with van der Waals surface area (Å²) in [4.78, 5) is 41.8. The molecule has 1 aliphatic rings. The largest absolute Gasteiger partial charge is 0.448 e. The number of amides is 3. The van der Waals surface area contributed by atoms with Crippen molar-refractivity contribution in [3.05, 3.63) is 27.4 Å². The predicted molar refractivity (Wildman–Crippen MR) is 90.2 cm³/mol. The summed E-state index contributed by atoms with van der Waals surface area (Å²) in [5.41, 5.74) is 1.51. The second kappa shape index (κ2) is 6.70. The molecule has 7 nitrogen and oxygen atoms in total. The smallest absolute Gasteiger partial charge is 0.351 e. The first-order chi connectivity index (χ1) is 11.5. The van der Waals surface area contributed by atoms with E-state index in [9.17, 15) is 14.4 Å². The molecule has 24 heavy (non-hydrogen) atoms. The zero-order valence-corrected chi connectivity index (χ0v) is 14.7. The van der Waals surface area contributed by atoms with Crippen LogP contribution in [0.15, 0.2) is 16.8 Å². The molecule has 1 atom stereocenters. The zero-order chi connectivity index (χ0) is 17.3. The Morgan fingerprint density at radius 2 is 2.25 bits per heavy atom. The van der Waals surface area contributed by atoms with Crippen molar-refractivity contribution in [2.24, 2.45) is 0 Å². The number of imide groups is 1. The molecule has 0 aliphatic carbocycles. The number of urea groups is 1. The second-order valence-corrected chi connectivity index (χ2v) is 6.99. The van der Waals surface area contributed by atoms with Gasteiger partial charge >= 0.3 is 12.0 Å². The van der Waals surface area contributed by atoms with E-state index in [1.54, 1.807) is 18.3 Å². The summed E-state index contributed by atoms with van der Waals surface area (Å²) < 4.78 is 5.23. The van der Waals surface area contributed by atoms with Crippen LogP contribution in [0.25, 0.3) is 10.6 Å². The summed E-state index contributed by atoms with van der Waals surface area (Å²) in [5, 5.41) is 7.16. The van der Waals surface area contributed by atoms with Crippen LogP contribution in [0, 0.1) is 6.92 Å². The van der Waals surface area contributed by atoms with Crippen molar-refractivity contribution >= 4 is 40.6 Å². The maximum Gasteiger partial charge on any atom is 0.351 e. The third kappa shape index (κ3) is 3.17. The third-order valence-corrected chi connectivity index (χ3v) is 5.37. The molecule has 0 spiro atoms. The number of aryl methyl sites for hydroxylation is 1. The van der Waals surface area contributed by atoms with Crippen molar-refractivity contribution in [2.45, 2.75) is 20.0 Å². The normalized spacial score (nSPS) is 15.2. The number of thiophene rings is 1. The summed E-state index contributed by atoms with van der Waals surface area (Å²) in [5.74, 6) is -1.13. The Hall–Kier alpha value is -2.26. The Bertz CT molecular complexity index is 785. The van der Waals surface area contributed by atoms with Crippen LogP contribution in [0.1, 0.15) is 22.3 Å². The number of nitrogens with one attached hydrogen (secondary N) is 1. The summed E-state index contributed by atoms with van der Waals surface area (Å²) in [6.45, 7) is 3.87. The zero-order valence-electron chi connectivity index (χ0n) is 13.1. The fourth-order valence-corrected chi connectivity index (χ4v) is 3.92. The van der Waals surface area contributed by atoms with E-state index in [2.05, 4.69) is 10.3 Å². The fourth-order valence-electron chi connectivity index (χ4n) is 2.26. The SMILES string of the molecule is Cc1nc(-c2ccsc2)sc1C(=O)OC(C)C(=O)N1CCNC1=O. The molecule has 9 heteroatoms. The van der Waals surface area contributed by atoms with Gasteiger partial charge in [0.15, 0.2) is 6.10 Å². The minimum Gasteiger partial charge on any atom is -0.448 e. The van der Waals surface area contributed by atoms with E-state index in [4.69, 9.17) is 4.74 Å². The minimum absolute atomic E-state index is 0.279. The van der Waals surface area contributed by atoms with E-state index in [1.165, 1.54) is 18.3 Å². The van der Waals surface area contributed by atoms with Crippen LogP contribution in [0.3, 0.4) is 0 Å². The van der Waals surface area contributed by atoms with Crippen LogP contribution in [-0.4, -0.2) is 47.0 Å². The standard InChI is InChI=1S/C15H15N3O4S2/c1-8-11(24-12(17-8)10-3-6-23-7-10)14(20)22-9(2)13(19)18-5-4-16-15(18)21/h3,6-7,9H,4-5H2,1-2H3,(H,16,21). The highest BCUT2D eigenvalue weighted by Gasteiger charge is 2.32. The predicted octanol–water partition coefficient (Wildman–Crippen LogP) is 2.28. The van der Waals surface area contributed by atoms with Gasteiger partial charge in [0.2, 0.25) is 0 Å². The molecule has 126 valence electrons. The van der Waals surface area contributed by atoms with E-state index in [1.807, 2.05) is 16.8 Å². The van der Waals surface area contributed by atoms with Crippen LogP contribution in [0.4, 0.5) is 4.79 Å². The van der Waals surface area contributed by atoms with Crippen molar-refractivity contribution < 1.29 is 19.1 Å². The van der Waals surface area contributed by atoms with Gasteiger partial charge < -0.3 is 10.1 Å². The lowest BCUT2D eigenvalue weighted by Crippen LogP contribution is -2.41. The molecule has 1 aliphatic heterocycles. The van der Waals surface area contributed by atoms with E-state index in [-0.39, 0.29) is 6.54 Å². The molecule has 1 N–H and O–H groups in total. The van der Waals surface area contributed by atoms with Crippen molar-refractivity contribution in [3.8, 4) is 10.6 Å². The second-order valence-electron chi connectivity index (χ2n) is 5.21. The number of thiazole rings is 1. The topological polar surface area (TPSA) is 88.6 Å². The molecule has 3 heterocycles. The summed E-state index contributed by atoms with van der Waals surface area (Å²) in [6, 6.07) is 1.47. The first-order valence-electron chi connectivity index (χ1n) is 7.27. The maximum atomic E-state index is 12.3. The van der Waals surface area contributed by atoms with E-state index >= 15 is 0 Å². The average Bonchev–Trinajstić information content (AvgIpc) is 3.26. The van der Waals surface area contributed by atoms with Gasteiger partial charge in [-0.3, -0.25) is 9.69 Å². The van der Waals surface area contributed by atoms with Gasteiger partial charge in [-0.2, -0.15) is 11.3 Å². The number of esters is 1. The molecule has 0 bridgehead atoms. The number of hydrogen-bond donors (Lipinski definition) is 1. The molecular weight excluding hydrogens is 350 g/mol. The number of nitrogens with zero attached hydrogens (tertiary/aromatic N) is 2. The molecule has 3 amide bonds. The number of hydrogen-bond acceptors (Lipinski definition) is 7. The molecule has 0 saturated carbocycles. The van der Waals surface area contributed by atoms with Gasteiger partial charge in [0.1, 0.15) is 9.88 Å². The van der Waals surface area contributed by atoms with Gasteiger partial charge in [-0.25, -0.2) is 14.6 Å². The molecule has 1 fully saturated rings. The summed E-state index contributed by atoms with van der Waals surface area (Å²) in [7, 11) is 0. The lowest BCUT2D eigenvalue weighted by Gasteiger charge is -2.17. The maximum absolute atomic E-state index is 12.3. The van der Waals surface area contributed by atoms with Gasteiger partial charge in [-0.05, 0) is 25.3 Å². The highest BCUT2D eigenvalue weighted by molar-refractivity contribution is 7.17. The molecule has 0 radical (unpaired) electrons. The third-order valence-electron chi connectivity index (χ3n) is 3.50. The van der Waals surface area contributed by atoms with E-state index < -0.39 is 24.0 Å². The van der Waals surface area contributed by atoms with Crippen molar-refractivity contribution in [1.29, 1.82) is 0 Å². The van der Waals surface area contributed by atoms with Crippen molar-refractivity contribution in [1.82, 2.24) is 15.2 Å². The van der Waals surface area contributed by atoms with Crippen LogP contribution < -0.4 is 5.32 Å². The summed E-state index contributed by atoms with van der Waals surface area (Å²) >= 11 is 2.78. The Balaban J connectivity index is 1.70. The van der Waals surface area contributed by atoms with E-state index in [0.29, 0.717) is 17.1 Å². The highest BCUT2D eigenvalue weighted by Crippen LogP contribution is 2.30. The molecule has 1 saturated heterocycles. The Labute approximate surface area is 146 Å². The Kier molecular flexibility index (Phi) is 4.63. The Morgan fingerprint density at radius 3 is 2.88 bits per heavy atom. The molecule has 0 aromatic carbocycles. The van der Waals surface area contributed by atoms with Crippen LogP contribution >= 0.6 is 22.7 Å². The van der Waals surface area contributed by atoms with Gasteiger partial charge in [0.25, 0.3) is 5.91 Å². The highest BCUT2D eigenvalue weighted by atomic mass is 32.1. The molecule has 2 aromatic heterocycles. The number of carbonyl (C=O) groups excluding carboxylic acids is 3. The van der Waals surface area contributed by atoms with Crippen LogP contribution in [0.5, 0.6) is 0 Å². The minimum atomic E-state index is -1.03. The number of carbonyl (C=O) groups is 3. The quantitative estimate of drug-likeness (QED) is 0.840. The fraction of sp³-hybridized carbons (Fsp3) is 0.333. The Morgan fingerprint density at radius 1 is 1.46 bits per heavy atom. The number of aromatic nitrogens is 1. The number of rotatable bonds is 4. The van der Waals surface area contributed by atoms with Crippen LogP contribution in [0.2, 0.25) is 0 Å². The first kappa shape index (κ1) is 16.6. The van der Waals surface area contributed by atoms with Gasteiger partial charge in [-0.1, -0.05) is 0 Å². The lowest BCUT2D eigenvalue weighted by molar-refractivity contribution is -0.136. The first-order valence-corrected chi connectivity index (χ1v) is 9.03. The molecule has 2 aromatic rings. The van der Waals surface area contributed by atoms with Crippen LogP contribution in [-0.2, 0) is 9.53 Å². The van der Waals surface area contributed by atoms with Crippen molar-refractivity contribution in [2.75, 3.05) is 13.1 Å². The van der Waals surface area contributed by atoms with E-state index in [0.717, 1.165) is 15.5 Å². The molecule has 3 rings (SSSR count). The number of ether oxygens (including phenoxy) is 1. The van der Waals surface area contributed by atoms with Gasteiger partial charge in [0, 0.05) is 24.0 Å². The average molecular weight is 365 g/mol. The molecular formula is C15H15N3O4S2. The summed E-state index contributed by atoms with van der Waals surface area (Å²) in [6.07, 6.45) is -1.03. The van der Waals surface area contributed by atoms with Crippen molar-refractivity contribution in [3.63, 3.8) is 0 Å².